The molecule has 0 spiro atoms. The molecule has 2 amide bonds. The highest BCUT2D eigenvalue weighted by Gasteiger charge is 2.35. The smallest absolute Gasteiger partial charge is 0.261 e. The molecule has 142 valence electrons. The van der Waals surface area contributed by atoms with E-state index < -0.39 is 0 Å². The van der Waals surface area contributed by atoms with Gasteiger partial charge in [-0.1, -0.05) is 23.9 Å². The second kappa shape index (κ2) is 8.04. The van der Waals surface area contributed by atoms with E-state index in [1.54, 1.807) is 11.8 Å². The summed E-state index contributed by atoms with van der Waals surface area (Å²) in [4.78, 5) is 28.2. The van der Waals surface area contributed by atoms with Crippen molar-refractivity contribution in [2.75, 3.05) is 25.0 Å². The molecule has 7 heteroatoms. The Labute approximate surface area is 167 Å². The Morgan fingerprint density at radius 3 is 2.63 bits per heavy atom. The highest BCUT2D eigenvalue weighted by molar-refractivity contribution is 8.01. The maximum absolute atomic E-state index is 12.7. The van der Waals surface area contributed by atoms with Crippen LogP contribution < -0.4 is 10.6 Å². The van der Waals surface area contributed by atoms with E-state index in [0.29, 0.717) is 5.92 Å². The average Bonchev–Trinajstić information content (AvgIpc) is 3.13. The number of hydrogen-bond acceptors (Lipinski definition) is 5. The molecule has 0 aliphatic carbocycles. The van der Waals surface area contributed by atoms with Crippen LogP contribution in [0.25, 0.3) is 0 Å². The van der Waals surface area contributed by atoms with Gasteiger partial charge in [0.05, 0.1) is 14.8 Å². The van der Waals surface area contributed by atoms with Gasteiger partial charge in [-0.3, -0.25) is 9.59 Å². The van der Waals surface area contributed by atoms with Gasteiger partial charge < -0.3 is 15.5 Å². The quantitative estimate of drug-likeness (QED) is 0.802. The zero-order valence-electron chi connectivity index (χ0n) is 15.2. The monoisotopic (exact) mass is 401 g/mol. The Hall–Kier alpha value is -1.83. The van der Waals surface area contributed by atoms with Crippen molar-refractivity contribution in [3.05, 3.63) is 41.3 Å². The molecule has 0 radical (unpaired) electrons. The molecule has 1 aromatic carbocycles. The summed E-state index contributed by atoms with van der Waals surface area (Å²) in [6.45, 7) is 4.83. The van der Waals surface area contributed by atoms with Crippen LogP contribution in [0.3, 0.4) is 0 Å². The first-order valence-electron chi connectivity index (χ1n) is 9.26. The number of amides is 2. The van der Waals surface area contributed by atoms with E-state index in [0.717, 1.165) is 26.2 Å². The zero-order valence-corrected chi connectivity index (χ0v) is 16.9. The minimum atomic E-state index is -0.0909. The highest BCUT2D eigenvalue weighted by Crippen LogP contribution is 2.37. The summed E-state index contributed by atoms with van der Waals surface area (Å²) in [5, 5.41) is 6.10. The Morgan fingerprint density at radius 2 is 1.93 bits per heavy atom. The number of nitrogens with one attached hydrogen (secondary N) is 2. The Kier molecular flexibility index (Phi) is 5.52. The second-order valence-electron chi connectivity index (χ2n) is 7.12. The number of piperidine rings is 3. The number of para-hydroxylation sites is 1. The summed E-state index contributed by atoms with van der Waals surface area (Å²) in [6.07, 6.45) is 2.38. The standard InChI is InChI=1S/C20H23N3O2S2/c1-13(24)21-15-4-2-3-5-17(15)26-19-7-6-18(27-19)20(25)22-16-12-23-10-8-14(16)9-11-23/h2-7,14,16H,8-12H2,1H3,(H,21,24)(H,22,25). The number of benzene rings is 1. The van der Waals surface area contributed by atoms with E-state index in [4.69, 9.17) is 0 Å². The van der Waals surface area contributed by atoms with Gasteiger partial charge in [0.25, 0.3) is 5.91 Å². The van der Waals surface area contributed by atoms with Crippen LogP contribution >= 0.6 is 23.1 Å². The number of carbonyl (C=O) groups excluding carboxylic acids is 2. The van der Waals surface area contributed by atoms with E-state index in [2.05, 4.69) is 15.5 Å². The molecule has 2 aromatic rings. The summed E-state index contributed by atoms with van der Waals surface area (Å²) in [5.74, 6) is 0.560. The van der Waals surface area contributed by atoms with Gasteiger partial charge in [-0.25, -0.2) is 0 Å². The third-order valence-corrected chi connectivity index (χ3v) is 7.48. The minimum absolute atomic E-state index is 0.0285. The molecule has 27 heavy (non-hydrogen) atoms. The van der Waals surface area contributed by atoms with Crippen LogP contribution in [-0.2, 0) is 4.79 Å². The lowest BCUT2D eigenvalue weighted by Crippen LogP contribution is -2.57. The summed E-state index contributed by atoms with van der Waals surface area (Å²) >= 11 is 3.06. The first kappa shape index (κ1) is 18.5. The Bertz CT molecular complexity index is 843. The maximum Gasteiger partial charge on any atom is 0.261 e. The zero-order chi connectivity index (χ0) is 18.8. The van der Waals surface area contributed by atoms with Gasteiger partial charge in [-0.2, -0.15) is 0 Å². The van der Waals surface area contributed by atoms with Gasteiger partial charge >= 0.3 is 0 Å². The molecular weight excluding hydrogens is 378 g/mol. The van der Waals surface area contributed by atoms with Crippen molar-refractivity contribution >= 4 is 40.6 Å². The van der Waals surface area contributed by atoms with E-state index in [1.807, 2.05) is 36.4 Å². The molecule has 3 fully saturated rings. The molecule has 3 aliphatic heterocycles. The third kappa shape index (κ3) is 4.36. The minimum Gasteiger partial charge on any atom is -0.347 e. The highest BCUT2D eigenvalue weighted by atomic mass is 32.2. The Morgan fingerprint density at radius 1 is 1.15 bits per heavy atom. The van der Waals surface area contributed by atoms with Crippen molar-refractivity contribution < 1.29 is 9.59 Å². The Balaban J connectivity index is 1.41. The fourth-order valence-corrected chi connectivity index (χ4v) is 5.90. The molecule has 3 saturated heterocycles. The summed E-state index contributed by atoms with van der Waals surface area (Å²) in [5.41, 5.74) is 0.793. The van der Waals surface area contributed by atoms with Crippen molar-refractivity contribution in [3.8, 4) is 0 Å². The van der Waals surface area contributed by atoms with Crippen LogP contribution in [0.1, 0.15) is 29.4 Å². The first-order chi connectivity index (χ1) is 13.1. The number of hydrogen-bond donors (Lipinski definition) is 2. The number of carbonyl (C=O) groups is 2. The molecular formula is C20H23N3O2S2. The number of fused-ring (bicyclic) bond motifs is 3. The molecule has 0 saturated carbocycles. The number of rotatable bonds is 5. The summed E-state index contributed by atoms with van der Waals surface area (Å²) in [7, 11) is 0. The van der Waals surface area contributed by atoms with Gasteiger partial charge in [0.1, 0.15) is 0 Å². The lowest BCUT2D eigenvalue weighted by Gasteiger charge is -2.44. The van der Waals surface area contributed by atoms with Crippen molar-refractivity contribution in [1.82, 2.24) is 10.2 Å². The topological polar surface area (TPSA) is 61.4 Å². The molecule has 1 aromatic heterocycles. The van der Waals surface area contributed by atoms with Crippen LogP contribution in [-0.4, -0.2) is 42.4 Å². The molecule has 2 N–H and O–H groups in total. The lowest BCUT2D eigenvalue weighted by molar-refractivity contribution is -0.114. The van der Waals surface area contributed by atoms with E-state index >= 15 is 0 Å². The molecule has 2 bridgehead atoms. The van der Waals surface area contributed by atoms with E-state index in [9.17, 15) is 9.59 Å². The van der Waals surface area contributed by atoms with Gasteiger partial charge in [0, 0.05) is 24.4 Å². The number of anilines is 1. The molecule has 3 aliphatic rings. The maximum atomic E-state index is 12.7. The van der Waals surface area contributed by atoms with Gasteiger partial charge in [-0.15, -0.1) is 11.3 Å². The average molecular weight is 402 g/mol. The largest absolute Gasteiger partial charge is 0.347 e. The number of thiophene rings is 1. The van der Waals surface area contributed by atoms with Crippen molar-refractivity contribution in [3.63, 3.8) is 0 Å². The summed E-state index contributed by atoms with van der Waals surface area (Å²) in [6, 6.07) is 11.9. The predicted molar refractivity (Wildman–Crippen MR) is 110 cm³/mol. The first-order valence-corrected chi connectivity index (χ1v) is 10.9. The fraction of sp³-hybridized carbons (Fsp3) is 0.400. The van der Waals surface area contributed by atoms with E-state index in [-0.39, 0.29) is 17.9 Å². The van der Waals surface area contributed by atoms with E-state index in [1.165, 1.54) is 44.2 Å². The van der Waals surface area contributed by atoms with Gasteiger partial charge in [-0.05, 0) is 56.1 Å². The molecule has 5 rings (SSSR count). The van der Waals surface area contributed by atoms with Crippen LogP contribution in [0.4, 0.5) is 5.69 Å². The summed E-state index contributed by atoms with van der Waals surface area (Å²) < 4.78 is 1.03. The normalized spacial score (nSPS) is 23.8. The van der Waals surface area contributed by atoms with Crippen molar-refractivity contribution in [1.29, 1.82) is 0 Å². The molecule has 1 unspecified atom stereocenters. The fourth-order valence-electron chi connectivity index (χ4n) is 3.82. The number of nitrogens with zero attached hydrogens (tertiary/aromatic N) is 1. The molecule has 4 heterocycles. The van der Waals surface area contributed by atoms with Gasteiger partial charge in [0.15, 0.2) is 0 Å². The van der Waals surface area contributed by atoms with Gasteiger partial charge in [0.2, 0.25) is 5.91 Å². The predicted octanol–water partition coefficient (Wildman–Crippen LogP) is 3.68. The molecule has 1 atom stereocenters. The lowest BCUT2D eigenvalue weighted by atomic mass is 9.84. The third-order valence-electron chi connectivity index (χ3n) is 5.19. The molecule has 5 nitrogen and oxygen atoms in total. The van der Waals surface area contributed by atoms with Crippen molar-refractivity contribution in [2.24, 2.45) is 5.92 Å². The van der Waals surface area contributed by atoms with Crippen LogP contribution in [0.5, 0.6) is 0 Å². The van der Waals surface area contributed by atoms with Crippen LogP contribution in [0.2, 0.25) is 0 Å². The second-order valence-corrected chi connectivity index (χ2v) is 9.54. The van der Waals surface area contributed by atoms with Crippen LogP contribution in [0.15, 0.2) is 45.5 Å². The SMILES string of the molecule is CC(=O)Nc1ccccc1Sc1ccc(C(=O)NC2CN3CCC2CC3)s1. The van der Waals surface area contributed by atoms with Crippen LogP contribution in [0, 0.1) is 5.92 Å². The van der Waals surface area contributed by atoms with Crippen molar-refractivity contribution in [2.45, 2.75) is 34.9 Å².